The fourth-order valence-electron chi connectivity index (χ4n) is 3.56. The summed E-state index contributed by atoms with van der Waals surface area (Å²) in [5, 5.41) is 6.78. The van der Waals surface area contributed by atoms with Gasteiger partial charge >= 0.3 is 0 Å². The Hall–Kier alpha value is -1.64. The minimum absolute atomic E-state index is 0.00826. The summed E-state index contributed by atoms with van der Waals surface area (Å²) in [6.45, 7) is 5.95. The lowest BCUT2D eigenvalue weighted by molar-refractivity contribution is 0.0732. The molecule has 0 unspecified atom stereocenters. The predicted octanol–water partition coefficient (Wildman–Crippen LogP) is 2.39. The highest BCUT2D eigenvalue weighted by atomic mass is 32.2. The van der Waals surface area contributed by atoms with Gasteiger partial charge in [0.1, 0.15) is 0 Å². The molecule has 29 heavy (non-hydrogen) atoms. The molecule has 0 amide bonds. The number of methoxy groups -OCH3 is 1. The van der Waals surface area contributed by atoms with E-state index in [9.17, 15) is 8.42 Å². The number of rotatable bonds is 11. The molecule has 1 aliphatic rings. The molecule has 1 fully saturated rings. The number of sulfonamides is 1. The maximum absolute atomic E-state index is 12.0. The zero-order chi connectivity index (χ0) is 21.3. The van der Waals surface area contributed by atoms with Crippen LogP contribution in [-0.2, 0) is 27.1 Å². The Morgan fingerprint density at radius 3 is 2.34 bits per heavy atom. The van der Waals surface area contributed by atoms with E-state index in [4.69, 9.17) is 4.74 Å². The summed E-state index contributed by atoms with van der Waals surface area (Å²) in [6.07, 6.45) is 4.82. The standard InChI is InChI=1S/C21H36N4O3S/c1-17(2)25-29(26,27)15-19-8-6-18(7-9-19)14-23-20(22-3)24-16-21(10-5-11-21)12-13-28-4/h6-9,17,25H,5,10-16H2,1-4H3,(H2,22,23,24). The second-order valence-corrected chi connectivity index (χ2v) is 9.98. The van der Waals surface area contributed by atoms with E-state index in [0.717, 1.165) is 36.7 Å². The van der Waals surface area contributed by atoms with E-state index in [1.165, 1.54) is 19.3 Å². The summed E-state index contributed by atoms with van der Waals surface area (Å²) >= 11 is 0. The molecule has 7 nitrogen and oxygen atoms in total. The van der Waals surface area contributed by atoms with Gasteiger partial charge in [-0.25, -0.2) is 13.1 Å². The summed E-state index contributed by atoms with van der Waals surface area (Å²) in [5.74, 6) is 0.771. The van der Waals surface area contributed by atoms with E-state index < -0.39 is 10.0 Å². The number of hydrogen-bond donors (Lipinski definition) is 3. The van der Waals surface area contributed by atoms with Gasteiger partial charge in [0.15, 0.2) is 5.96 Å². The van der Waals surface area contributed by atoms with Gasteiger partial charge in [-0.3, -0.25) is 4.99 Å². The van der Waals surface area contributed by atoms with E-state index >= 15 is 0 Å². The average molecular weight is 425 g/mol. The lowest BCUT2D eigenvalue weighted by atomic mass is 9.67. The van der Waals surface area contributed by atoms with E-state index in [-0.39, 0.29) is 11.8 Å². The number of nitrogens with one attached hydrogen (secondary N) is 3. The normalized spacial score (nSPS) is 16.5. The smallest absolute Gasteiger partial charge is 0.216 e. The zero-order valence-corrected chi connectivity index (χ0v) is 18.9. The topological polar surface area (TPSA) is 91.8 Å². The molecule has 1 saturated carbocycles. The lowest BCUT2D eigenvalue weighted by Gasteiger charge is -2.42. The van der Waals surface area contributed by atoms with Crippen molar-refractivity contribution in [2.75, 3.05) is 27.3 Å². The molecule has 0 spiro atoms. The number of hydrogen-bond acceptors (Lipinski definition) is 4. The van der Waals surface area contributed by atoms with Crippen LogP contribution in [0.3, 0.4) is 0 Å². The molecule has 3 N–H and O–H groups in total. The second-order valence-electron chi connectivity index (χ2n) is 8.22. The van der Waals surface area contributed by atoms with Crippen molar-refractivity contribution >= 4 is 16.0 Å². The Labute approximate surface area is 175 Å². The first-order valence-electron chi connectivity index (χ1n) is 10.3. The van der Waals surface area contributed by atoms with Crippen LogP contribution in [0, 0.1) is 5.41 Å². The van der Waals surface area contributed by atoms with Gasteiger partial charge < -0.3 is 15.4 Å². The Morgan fingerprint density at radius 2 is 1.83 bits per heavy atom. The maximum atomic E-state index is 12.0. The van der Waals surface area contributed by atoms with Gasteiger partial charge in [-0.2, -0.15) is 0 Å². The van der Waals surface area contributed by atoms with Crippen LogP contribution in [0.25, 0.3) is 0 Å². The van der Waals surface area contributed by atoms with E-state index in [2.05, 4.69) is 20.3 Å². The monoisotopic (exact) mass is 424 g/mol. The van der Waals surface area contributed by atoms with Crippen LogP contribution in [0.5, 0.6) is 0 Å². The Morgan fingerprint density at radius 1 is 1.17 bits per heavy atom. The third-order valence-electron chi connectivity index (χ3n) is 5.36. The summed E-state index contributed by atoms with van der Waals surface area (Å²) in [4.78, 5) is 4.31. The van der Waals surface area contributed by atoms with E-state index in [0.29, 0.717) is 12.0 Å². The van der Waals surface area contributed by atoms with Crippen LogP contribution in [0.4, 0.5) is 0 Å². The SMILES string of the molecule is CN=C(NCc1ccc(CS(=O)(=O)NC(C)C)cc1)NCC1(CCOC)CCC1. The molecule has 2 rings (SSSR count). The highest BCUT2D eigenvalue weighted by Gasteiger charge is 2.36. The molecule has 1 aromatic rings. The highest BCUT2D eigenvalue weighted by Crippen LogP contribution is 2.43. The minimum atomic E-state index is -3.31. The molecule has 164 valence electrons. The number of ether oxygens (including phenoxy) is 1. The van der Waals surface area contributed by atoms with Crippen molar-refractivity contribution in [3.63, 3.8) is 0 Å². The van der Waals surface area contributed by atoms with Crippen molar-refractivity contribution in [3.8, 4) is 0 Å². The summed E-state index contributed by atoms with van der Waals surface area (Å²) < 4.78 is 31.9. The average Bonchev–Trinajstić information content (AvgIpc) is 2.62. The molecular weight excluding hydrogens is 388 g/mol. The van der Waals surface area contributed by atoms with Crippen LogP contribution in [0.1, 0.15) is 50.7 Å². The number of nitrogens with zero attached hydrogens (tertiary/aromatic N) is 1. The first-order valence-corrected chi connectivity index (χ1v) is 11.9. The molecule has 0 heterocycles. The van der Waals surface area contributed by atoms with Crippen LogP contribution < -0.4 is 15.4 Å². The molecule has 0 aliphatic heterocycles. The predicted molar refractivity (Wildman–Crippen MR) is 118 cm³/mol. The van der Waals surface area contributed by atoms with Crippen LogP contribution >= 0.6 is 0 Å². The first kappa shape index (κ1) is 23.6. The lowest BCUT2D eigenvalue weighted by Crippen LogP contribution is -2.46. The molecular formula is C21H36N4O3S. The molecule has 0 aromatic heterocycles. The minimum Gasteiger partial charge on any atom is -0.385 e. The van der Waals surface area contributed by atoms with Gasteiger partial charge in [-0.15, -0.1) is 0 Å². The largest absolute Gasteiger partial charge is 0.385 e. The van der Waals surface area contributed by atoms with Gasteiger partial charge in [0.2, 0.25) is 10.0 Å². The Balaban J connectivity index is 1.82. The highest BCUT2D eigenvalue weighted by molar-refractivity contribution is 7.88. The van der Waals surface area contributed by atoms with Crippen molar-refractivity contribution in [1.29, 1.82) is 0 Å². The van der Waals surface area contributed by atoms with Crippen molar-refractivity contribution in [2.45, 2.75) is 57.9 Å². The number of aliphatic imine (C=N–C) groups is 1. The number of guanidine groups is 1. The zero-order valence-electron chi connectivity index (χ0n) is 18.1. The van der Waals surface area contributed by atoms with E-state index in [1.54, 1.807) is 14.2 Å². The van der Waals surface area contributed by atoms with Crippen LogP contribution in [-0.4, -0.2) is 47.7 Å². The van der Waals surface area contributed by atoms with Gasteiger partial charge in [0.25, 0.3) is 0 Å². The van der Waals surface area contributed by atoms with E-state index in [1.807, 2.05) is 38.1 Å². The summed E-state index contributed by atoms with van der Waals surface area (Å²) in [6, 6.07) is 7.53. The third-order valence-corrected chi connectivity index (χ3v) is 6.90. The van der Waals surface area contributed by atoms with Crippen molar-refractivity contribution in [3.05, 3.63) is 35.4 Å². The Kier molecular flexibility index (Phi) is 8.92. The summed E-state index contributed by atoms with van der Waals surface area (Å²) in [7, 11) is 0.218. The molecule has 0 bridgehead atoms. The van der Waals surface area contributed by atoms with Crippen molar-refractivity contribution < 1.29 is 13.2 Å². The fraction of sp³-hybridized carbons (Fsp3) is 0.667. The molecule has 0 saturated heterocycles. The number of benzene rings is 1. The van der Waals surface area contributed by atoms with Crippen molar-refractivity contribution in [2.24, 2.45) is 10.4 Å². The second kappa shape index (κ2) is 10.9. The quantitative estimate of drug-likeness (QED) is 0.375. The fourth-order valence-corrected chi connectivity index (χ4v) is 4.99. The first-order chi connectivity index (χ1) is 13.8. The molecule has 8 heteroatoms. The van der Waals surface area contributed by atoms with Crippen molar-refractivity contribution in [1.82, 2.24) is 15.4 Å². The third kappa shape index (κ3) is 7.95. The molecule has 1 aromatic carbocycles. The molecule has 1 aliphatic carbocycles. The molecule has 0 atom stereocenters. The van der Waals surface area contributed by atoms with Crippen LogP contribution in [0.2, 0.25) is 0 Å². The van der Waals surface area contributed by atoms with Gasteiger partial charge in [0.05, 0.1) is 5.75 Å². The Bertz CT molecular complexity index is 757. The summed E-state index contributed by atoms with van der Waals surface area (Å²) in [5.41, 5.74) is 2.17. The maximum Gasteiger partial charge on any atom is 0.216 e. The molecule has 0 radical (unpaired) electrons. The van der Waals surface area contributed by atoms with Gasteiger partial charge in [-0.1, -0.05) is 30.7 Å². The van der Waals surface area contributed by atoms with Gasteiger partial charge in [0, 0.05) is 39.9 Å². The van der Waals surface area contributed by atoms with Crippen LogP contribution in [0.15, 0.2) is 29.3 Å². The van der Waals surface area contributed by atoms with Gasteiger partial charge in [-0.05, 0) is 49.7 Å².